The van der Waals surface area contributed by atoms with E-state index in [1.807, 2.05) is 24.3 Å². The van der Waals surface area contributed by atoms with Crippen molar-refractivity contribution in [3.05, 3.63) is 24.3 Å². The van der Waals surface area contributed by atoms with Crippen LogP contribution >= 0.6 is 0 Å². The molecule has 0 atom stereocenters. The number of urea groups is 1. The van der Waals surface area contributed by atoms with Crippen LogP contribution in [0.4, 0.5) is 16.2 Å². The SMILES string of the molecule is O=C(NC1CCN(C(=O)Nc2ccccc2N2CCCC2=O)CC1)C1CC1. The van der Waals surface area contributed by atoms with E-state index in [4.69, 9.17) is 0 Å². The summed E-state index contributed by atoms with van der Waals surface area (Å²) in [6, 6.07) is 7.46. The minimum atomic E-state index is -0.152. The van der Waals surface area contributed by atoms with Gasteiger partial charge in [-0.05, 0) is 44.2 Å². The second kappa shape index (κ2) is 7.58. The molecular weight excluding hydrogens is 344 g/mol. The monoisotopic (exact) mass is 370 g/mol. The normalized spacial score (nSPS) is 20.7. The number of para-hydroxylation sites is 2. The Morgan fingerprint density at radius 2 is 1.74 bits per heavy atom. The summed E-state index contributed by atoms with van der Waals surface area (Å²) in [5.41, 5.74) is 1.43. The molecule has 3 fully saturated rings. The lowest BCUT2D eigenvalue weighted by atomic mass is 10.1. The zero-order chi connectivity index (χ0) is 18.8. The van der Waals surface area contributed by atoms with Crippen LogP contribution in [0, 0.1) is 5.92 Å². The molecule has 2 N–H and O–H groups in total. The molecule has 1 aromatic carbocycles. The van der Waals surface area contributed by atoms with Gasteiger partial charge in [0.15, 0.2) is 0 Å². The van der Waals surface area contributed by atoms with Crippen molar-refractivity contribution >= 4 is 29.2 Å². The summed E-state index contributed by atoms with van der Waals surface area (Å²) in [6.45, 7) is 1.93. The number of amides is 4. The molecule has 1 saturated carbocycles. The van der Waals surface area contributed by atoms with E-state index in [9.17, 15) is 14.4 Å². The largest absolute Gasteiger partial charge is 0.353 e. The first-order valence-corrected chi connectivity index (χ1v) is 9.87. The van der Waals surface area contributed by atoms with E-state index in [-0.39, 0.29) is 29.8 Å². The molecule has 27 heavy (non-hydrogen) atoms. The highest BCUT2D eigenvalue weighted by atomic mass is 16.2. The summed E-state index contributed by atoms with van der Waals surface area (Å²) < 4.78 is 0. The third-order valence-corrected chi connectivity index (χ3v) is 5.59. The molecule has 1 aromatic rings. The maximum Gasteiger partial charge on any atom is 0.321 e. The molecular formula is C20H26N4O3. The number of carbonyl (C=O) groups is 3. The Kier molecular flexibility index (Phi) is 5.01. The lowest BCUT2D eigenvalue weighted by Crippen LogP contribution is -2.48. The lowest BCUT2D eigenvalue weighted by molar-refractivity contribution is -0.123. The van der Waals surface area contributed by atoms with E-state index >= 15 is 0 Å². The van der Waals surface area contributed by atoms with Crippen LogP contribution in [-0.2, 0) is 9.59 Å². The number of rotatable bonds is 4. The Bertz CT molecular complexity index is 738. The Hall–Kier alpha value is -2.57. The second-order valence-corrected chi connectivity index (χ2v) is 7.64. The highest BCUT2D eigenvalue weighted by Crippen LogP contribution is 2.30. The van der Waals surface area contributed by atoms with Crippen LogP contribution in [0.2, 0.25) is 0 Å². The van der Waals surface area contributed by atoms with E-state index < -0.39 is 0 Å². The molecule has 0 unspecified atom stereocenters. The standard InChI is InChI=1S/C20H26N4O3/c25-18-6-3-11-24(18)17-5-2-1-4-16(17)22-20(27)23-12-9-15(10-13-23)21-19(26)14-7-8-14/h1-2,4-5,14-15H,3,6-13H2,(H,21,26)(H,22,27). The zero-order valence-corrected chi connectivity index (χ0v) is 15.4. The number of hydrogen-bond acceptors (Lipinski definition) is 3. The molecule has 4 rings (SSSR count). The fourth-order valence-electron chi connectivity index (χ4n) is 3.80. The number of anilines is 2. The van der Waals surface area contributed by atoms with Crippen LogP contribution in [0.3, 0.4) is 0 Å². The van der Waals surface area contributed by atoms with Crippen molar-refractivity contribution in [1.82, 2.24) is 10.2 Å². The van der Waals surface area contributed by atoms with Crippen LogP contribution in [-0.4, -0.2) is 48.4 Å². The Morgan fingerprint density at radius 1 is 1.00 bits per heavy atom. The van der Waals surface area contributed by atoms with Crippen molar-refractivity contribution in [3.63, 3.8) is 0 Å². The first kappa shape index (κ1) is 17.8. The van der Waals surface area contributed by atoms with Crippen molar-refractivity contribution in [2.24, 2.45) is 5.92 Å². The fraction of sp³-hybridized carbons (Fsp3) is 0.550. The Labute approximate surface area is 159 Å². The number of hydrogen-bond donors (Lipinski definition) is 2. The number of nitrogens with one attached hydrogen (secondary N) is 2. The topological polar surface area (TPSA) is 81.8 Å². The molecule has 0 aromatic heterocycles. The van der Waals surface area contributed by atoms with Crippen LogP contribution in [0.25, 0.3) is 0 Å². The van der Waals surface area contributed by atoms with E-state index in [1.54, 1.807) is 9.80 Å². The van der Waals surface area contributed by atoms with Gasteiger partial charge < -0.3 is 20.4 Å². The van der Waals surface area contributed by atoms with Gasteiger partial charge in [-0.15, -0.1) is 0 Å². The summed E-state index contributed by atoms with van der Waals surface area (Å²) in [4.78, 5) is 40.2. The summed E-state index contributed by atoms with van der Waals surface area (Å²) in [5.74, 6) is 0.488. The number of nitrogens with zero attached hydrogens (tertiary/aromatic N) is 2. The van der Waals surface area contributed by atoms with Gasteiger partial charge >= 0.3 is 6.03 Å². The smallest absolute Gasteiger partial charge is 0.321 e. The minimum Gasteiger partial charge on any atom is -0.353 e. The number of benzene rings is 1. The number of piperidine rings is 1. The van der Waals surface area contributed by atoms with Crippen molar-refractivity contribution in [2.45, 2.75) is 44.6 Å². The quantitative estimate of drug-likeness (QED) is 0.853. The molecule has 144 valence electrons. The van der Waals surface area contributed by atoms with Gasteiger partial charge in [0.05, 0.1) is 11.4 Å². The summed E-state index contributed by atoms with van der Waals surface area (Å²) >= 11 is 0. The highest BCUT2D eigenvalue weighted by Gasteiger charge is 2.32. The average Bonchev–Trinajstić information content (AvgIpc) is 3.45. The molecule has 0 radical (unpaired) electrons. The fourth-order valence-corrected chi connectivity index (χ4v) is 3.80. The van der Waals surface area contributed by atoms with Gasteiger partial charge in [0.1, 0.15) is 0 Å². The number of carbonyl (C=O) groups excluding carboxylic acids is 3. The molecule has 2 heterocycles. The highest BCUT2D eigenvalue weighted by molar-refractivity contribution is 6.01. The second-order valence-electron chi connectivity index (χ2n) is 7.64. The molecule has 0 bridgehead atoms. The maximum absolute atomic E-state index is 12.7. The van der Waals surface area contributed by atoms with Crippen LogP contribution in [0.15, 0.2) is 24.3 Å². The Morgan fingerprint density at radius 3 is 2.41 bits per heavy atom. The predicted octanol–water partition coefficient (Wildman–Crippen LogP) is 2.34. The van der Waals surface area contributed by atoms with Gasteiger partial charge in [-0.25, -0.2) is 4.79 Å². The van der Waals surface area contributed by atoms with Crippen LogP contribution in [0.1, 0.15) is 38.5 Å². The first-order chi connectivity index (χ1) is 13.1. The molecule has 0 spiro atoms. The number of likely N-dealkylation sites (tertiary alicyclic amines) is 1. The van der Waals surface area contributed by atoms with Crippen LogP contribution in [0.5, 0.6) is 0 Å². The molecule has 2 aliphatic heterocycles. The average molecular weight is 370 g/mol. The molecule has 7 heteroatoms. The van der Waals surface area contributed by atoms with E-state index in [2.05, 4.69) is 10.6 Å². The predicted molar refractivity (Wildman–Crippen MR) is 103 cm³/mol. The van der Waals surface area contributed by atoms with Gasteiger partial charge in [0.2, 0.25) is 11.8 Å². The van der Waals surface area contributed by atoms with E-state index in [0.29, 0.717) is 31.7 Å². The molecule has 4 amide bonds. The van der Waals surface area contributed by atoms with Gasteiger partial charge in [0.25, 0.3) is 0 Å². The van der Waals surface area contributed by atoms with Gasteiger partial charge in [-0.3, -0.25) is 9.59 Å². The Balaban J connectivity index is 1.33. The van der Waals surface area contributed by atoms with E-state index in [1.165, 1.54) is 0 Å². The van der Waals surface area contributed by atoms with Crippen LogP contribution < -0.4 is 15.5 Å². The molecule has 3 aliphatic rings. The summed E-state index contributed by atoms with van der Waals surface area (Å²) in [7, 11) is 0. The van der Waals surface area contributed by atoms with Gasteiger partial charge in [0, 0.05) is 38.0 Å². The van der Waals surface area contributed by atoms with Gasteiger partial charge in [-0.2, -0.15) is 0 Å². The minimum absolute atomic E-state index is 0.101. The third kappa shape index (κ3) is 4.07. The third-order valence-electron chi connectivity index (χ3n) is 5.59. The van der Waals surface area contributed by atoms with E-state index in [0.717, 1.165) is 37.8 Å². The van der Waals surface area contributed by atoms with Crippen molar-refractivity contribution in [3.8, 4) is 0 Å². The van der Waals surface area contributed by atoms with Crippen molar-refractivity contribution in [1.29, 1.82) is 0 Å². The van der Waals surface area contributed by atoms with Crippen molar-refractivity contribution < 1.29 is 14.4 Å². The maximum atomic E-state index is 12.7. The first-order valence-electron chi connectivity index (χ1n) is 9.87. The molecule has 1 aliphatic carbocycles. The summed E-state index contributed by atoms with van der Waals surface area (Å²) in [5, 5.41) is 6.07. The van der Waals surface area contributed by atoms with Gasteiger partial charge in [-0.1, -0.05) is 12.1 Å². The summed E-state index contributed by atoms with van der Waals surface area (Å²) in [6.07, 6.45) is 4.97. The van der Waals surface area contributed by atoms with Crippen molar-refractivity contribution in [2.75, 3.05) is 29.9 Å². The lowest BCUT2D eigenvalue weighted by Gasteiger charge is -2.32. The molecule has 7 nitrogen and oxygen atoms in total. The molecule has 2 saturated heterocycles. The zero-order valence-electron chi connectivity index (χ0n) is 15.4.